The van der Waals surface area contributed by atoms with Gasteiger partial charge in [-0.15, -0.1) is 0 Å². The SMILES string of the molecule is Cc1ccc(C(O)CBr)cc1F. The molecule has 66 valence electrons. The van der Waals surface area contributed by atoms with Crippen molar-refractivity contribution in [2.45, 2.75) is 13.0 Å². The smallest absolute Gasteiger partial charge is 0.126 e. The van der Waals surface area contributed by atoms with Gasteiger partial charge < -0.3 is 5.11 Å². The Morgan fingerprint density at radius 3 is 2.75 bits per heavy atom. The Hall–Kier alpha value is -0.410. The van der Waals surface area contributed by atoms with E-state index in [1.54, 1.807) is 19.1 Å². The summed E-state index contributed by atoms with van der Waals surface area (Å²) in [5.41, 5.74) is 1.20. The van der Waals surface area contributed by atoms with Crippen LogP contribution in [0.15, 0.2) is 18.2 Å². The fraction of sp³-hybridized carbons (Fsp3) is 0.333. The number of aliphatic hydroxyl groups excluding tert-OH is 1. The predicted molar refractivity (Wildman–Crippen MR) is 49.9 cm³/mol. The zero-order valence-corrected chi connectivity index (χ0v) is 8.31. The molecule has 1 aromatic rings. The van der Waals surface area contributed by atoms with Crippen LogP contribution in [0.3, 0.4) is 0 Å². The Morgan fingerprint density at radius 1 is 1.58 bits per heavy atom. The first-order valence-electron chi connectivity index (χ1n) is 3.65. The number of benzene rings is 1. The highest BCUT2D eigenvalue weighted by Crippen LogP contribution is 2.17. The molecule has 0 saturated heterocycles. The quantitative estimate of drug-likeness (QED) is 0.778. The average Bonchev–Trinajstić information content (AvgIpc) is 2.08. The molecule has 0 aliphatic heterocycles. The van der Waals surface area contributed by atoms with Gasteiger partial charge in [-0.25, -0.2) is 4.39 Å². The molecular weight excluding hydrogens is 223 g/mol. The fourth-order valence-electron chi connectivity index (χ4n) is 0.905. The molecule has 0 bridgehead atoms. The third-order valence-electron chi connectivity index (χ3n) is 1.73. The fourth-order valence-corrected chi connectivity index (χ4v) is 1.28. The molecule has 0 radical (unpaired) electrons. The van der Waals surface area contributed by atoms with Gasteiger partial charge in [0, 0.05) is 5.33 Å². The van der Waals surface area contributed by atoms with E-state index in [1.807, 2.05) is 0 Å². The normalized spacial score (nSPS) is 13.0. The second kappa shape index (κ2) is 4.01. The van der Waals surface area contributed by atoms with Crippen molar-refractivity contribution >= 4 is 15.9 Å². The topological polar surface area (TPSA) is 20.2 Å². The van der Waals surface area contributed by atoms with Gasteiger partial charge in [-0.3, -0.25) is 0 Å². The van der Waals surface area contributed by atoms with Crippen molar-refractivity contribution in [3.8, 4) is 0 Å². The van der Waals surface area contributed by atoms with Crippen LogP contribution in [0, 0.1) is 12.7 Å². The first kappa shape index (κ1) is 9.68. The van der Waals surface area contributed by atoms with Crippen LogP contribution in [-0.2, 0) is 0 Å². The third kappa shape index (κ3) is 2.05. The van der Waals surface area contributed by atoms with Crippen LogP contribution >= 0.6 is 15.9 Å². The number of hydrogen-bond donors (Lipinski definition) is 1. The molecule has 1 unspecified atom stereocenters. The van der Waals surface area contributed by atoms with Gasteiger partial charge in [-0.2, -0.15) is 0 Å². The lowest BCUT2D eigenvalue weighted by Gasteiger charge is -2.07. The molecule has 12 heavy (non-hydrogen) atoms. The van der Waals surface area contributed by atoms with Crippen molar-refractivity contribution < 1.29 is 9.50 Å². The van der Waals surface area contributed by atoms with E-state index >= 15 is 0 Å². The summed E-state index contributed by atoms with van der Waals surface area (Å²) in [5.74, 6) is -0.271. The van der Waals surface area contributed by atoms with Crippen molar-refractivity contribution in [3.63, 3.8) is 0 Å². The van der Waals surface area contributed by atoms with Gasteiger partial charge in [0.2, 0.25) is 0 Å². The van der Waals surface area contributed by atoms with Crippen LogP contribution in [-0.4, -0.2) is 10.4 Å². The minimum absolute atomic E-state index is 0.271. The van der Waals surface area contributed by atoms with E-state index in [-0.39, 0.29) is 5.82 Å². The van der Waals surface area contributed by atoms with E-state index in [9.17, 15) is 9.50 Å². The second-order valence-electron chi connectivity index (χ2n) is 2.68. The summed E-state index contributed by atoms with van der Waals surface area (Å²) < 4.78 is 12.9. The standard InChI is InChI=1S/C9H10BrFO/c1-6-2-3-7(4-8(6)11)9(12)5-10/h2-4,9,12H,5H2,1H3. The maximum absolute atomic E-state index is 12.9. The lowest BCUT2D eigenvalue weighted by Crippen LogP contribution is -1.99. The van der Waals surface area contributed by atoms with Gasteiger partial charge >= 0.3 is 0 Å². The van der Waals surface area contributed by atoms with Gasteiger partial charge in [0.1, 0.15) is 5.82 Å². The lowest BCUT2D eigenvalue weighted by molar-refractivity contribution is 0.205. The highest BCUT2D eigenvalue weighted by molar-refractivity contribution is 9.09. The first-order chi connectivity index (χ1) is 5.65. The van der Waals surface area contributed by atoms with E-state index in [0.29, 0.717) is 16.5 Å². The average molecular weight is 233 g/mol. The minimum Gasteiger partial charge on any atom is -0.388 e. The van der Waals surface area contributed by atoms with Crippen LogP contribution in [0.25, 0.3) is 0 Å². The number of alkyl halides is 1. The van der Waals surface area contributed by atoms with Gasteiger partial charge in [-0.1, -0.05) is 28.1 Å². The Morgan fingerprint density at radius 2 is 2.25 bits per heavy atom. The zero-order chi connectivity index (χ0) is 9.14. The summed E-state index contributed by atoms with van der Waals surface area (Å²) in [7, 11) is 0. The molecule has 1 nitrogen and oxygen atoms in total. The number of aliphatic hydroxyl groups is 1. The van der Waals surface area contributed by atoms with Crippen molar-refractivity contribution in [2.75, 3.05) is 5.33 Å². The molecule has 0 saturated carbocycles. The van der Waals surface area contributed by atoms with Gasteiger partial charge in [0.05, 0.1) is 6.10 Å². The van der Waals surface area contributed by atoms with Crippen LogP contribution in [0.1, 0.15) is 17.2 Å². The molecule has 0 aliphatic rings. The number of aryl methyl sites for hydroxylation is 1. The summed E-state index contributed by atoms with van der Waals surface area (Å²) >= 11 is 3.12. The second-order valence-corrected chi connectivity index (χ2v) is 3.33. The van der Waals surface area contributed by atoms with E-state index in [0.717, 1.165) is 0 Å². The third-order valence-corrected chi connectivity index (χ3v) is 2.34. The maximum atomic E-state index is 12.9. The van der Waals surface area contributed by atoms with E-state index in [2.05, 4.69) is 15.9 Å². The van der Waals surface area contributed by atoms with Gasteiger partial charge in [-0.05, 0) is 24.1 Å². The van der Waals surface area contributed by atoms with E-state index in [4.69, 9.17) is 0 Å². The molecular formula is C9H10BrFO. The highest BCUT2D eigenvalue weighted by Gasteiger charge is 2.06. The van der Waals surface area contributed by atoms with Crippen molar-refractivity contribution in [3.05, 3.63) is 35.1 Å². The minimum atomic E-state index is -0.625. The molecule has 3 heteroatoms. The zero-order valence-electron chi connectivity index (χ0n) is 6.72. The summed E-state index contributed by atoms with van der Waals surface area (Å²) in [6.45, 7) is 1.69. The van der Waals surface area contributed by atoms with Crippen LogP contribution in [0.2, 0.25) is 0 Å². The molecule has 1 atom stereocenters. The van der Waals surface area contributed by atoms with Crippen molar-refractivity contribution in [2.24, 2.45) is 0 Å². The summed E-state index contributed by atoms with van der Waals surface area (Å²) in [6.07, 6.45) is -0.625. The molecule has 0 spiro atoms. The Labute approximate surface area is 79.4 Å². The van der Waals surface area contributed by atoms with Gasteiger partial charge in [0.15, 0.2) is 0 Å². The Balaban J connectivity index is 2.96. The molecule has 0 fully saturated rings. The molecule has 1 rings (SSSR count). The molecule has 0 heterocycles. The number of halogens is 2. The maximum Gasteiger partial charge on any atom is 0.126 e. The molecule has 0 aliphatic carbocycles. The number of hydrogen-bond acceptors (Lipinski definition) is 1. The Bertz CT molecular complexity index is 275. The predicted octanol–water partition coefficient (Wildman–Crippen LogP) is 2.56. The first-order valence-corrected chi connectivity index (χ1v) is 4.77. The summed E-state index contributed by atoms with van der Waals surface area (Å²) in [5, 5.41) is 9.76. The summed E-state index contributed by atoms with van der Waals surface area (Å²) in [6, 6.07) is 4.75. The lowest BCUT2D eigenvalue weighted by atomic mass is 10.1. The monoisotopic (exact) mass is 232 g/mol. The molecule has 1 N–H and O–H groups in total. The molecule has 0 amide bonds. The van der Waals surface area contributed by atoms with E-state index < -0.39 is 6.10 Å². The van der Waals surface area contributed by atoms with Crippen LogP contribution in [0.5, 0.6) is 0 Å². The summed E-state index contributed by atoms with van der Waals surface area (Å²) in [4.78, 5) is 0. The molecule has 0 aromatic heterocycles. The van der Waals surface area contributed by atoms with Gasteiger partial charge in [0.25, 0.3) is 0 Å². The van der Waals surface area contributed by atoms with Crippen LogP contribution in [0.4, 0.5) is 4.39 Å². The highest BCUT2D eigenvalue weighted by atomic mass is 79.9. The number of rotatable bonds is 2. The molecule has 1 aromatic carbocycles. The van der Waals surface area contributed by atoms with Crippen LogP contribution < -0.4 is 0 Å². The van der Waals surface area contributed by atoms with Crippen molar-refractivity contribution in [1.29, 1.82) is 0 Å². The van der Waals surface area contributed by atoms with E-state index in [1.165, 1.54) is 6.07 Å². The Kier molecular flexibility index (Phi) is 3.23. The van der Waals surface area contributed by atoms with Crippen molar-refractivity contribution in [1.82, 2.24) is 0 Å². The largest absolute Gasteiger partial charge is 0.388 e.